The first-order chi connectivity index (χ1) is 14.2. The van der Waals surface area contributed by atoms with Crippen LogP contribution in [-0.2, 0) is 11.3 Å². The number of nitrogens with zero attached hydrogens (tertiary/aromatic N) is 1. The van der Waals surface area contributed by atoms with Crippen molar-refractivity contribution in [1.29, 1.82) is 0 Å². The van der Waals surface area contributed by atoms with Crippen molar-refractivity contribution >= 4 is 22.7 Å². The van der Waals surface area contributed by atoms with Crippen molar-refractivity contribution in [2.24, 2.45) is 0 Å². The molecule has 4 rings (SSSR count). The third-order valence-electron chi connectivity index (χ3n) is 4.54. The van der Waals surface area contributed by atoms with Gasteiger partial charge in [0.25, 0.3) is 0 Å². The Morgan fingerprint density at radius 2 is 1.66 bits per heavy atom. The van der Waals surface area contributed by atoms with Crippen molar-refractivity contribution in [3.05, 3.63) is 90.5 Å². The maximum absolute atomic E-state index is 12.4. The summed E-state index contributed by atoms with van der Waals surface area (Å²) >= 11 is 0. The van der Waals surface area contributed by atoms with E-state index in [1.54, 1.807) is 7.11 Å². The Morgan fingerprint density at radius 1 is 0.931 bits per heavy atom. The Morgan fingerprint density at radius 3 is 2.38 bits per heavy atom. The summed E-state index contributed by atoms with van der Waals surface area (Å²) in [5.41, 5.74) is 4.00. The zero-order valence-corrected chi connectivity index (χ0v) is 16.0. The first kappa shape index (κ1) is 18.5. The third kappa shape index (κ3) is 4.35. The second-order valence-electron chi connectivity index (χ2n) is 6.49. The Bertz CT molecular complexity index is 1130. The molecule has 0 fully saturated rings. The Hall–Kier alpha value is -3.86. The van der Waals surface area contributed by atoms with Crippen molar-refractivity contribution in [1.82, 2.24) is 4.98 Å². The molecule has 0 radical (unpaired) electrons. The lowest BCUT2D eigenvalue weighted by Crippen LogP contribution is -2.14. The zero-order valence-electron chi connectivity index (χ0n) is 16.0. The molecule has 1 N–H and O–H groups in total. The van der Waals surface area contributed by atoms with Crippen LogP contribution in [0.1, 0.15) is 5.56 Å². The zero-order chi connectivity index (χ0) is 20.1. The summed E-state index contributed by atoms with van der Waals surface area (Å²) in [6.07, 6.45) is -0.517. The van der Waals surface area contributed by atoms with Gasteiger partial charge in [0.1, 0.15) is 12.4 Å². The second-order valence-corrected chi connectivity index (χ2v) is 6.49. The lowest BCUT2D eigenvalue weighted by atomic mass is 10.1. The number of methoxy groups -OCH3 is 1. The average molecular weight is 384 g/mol. The van der Waals surface area contributed by atoms with Crippen LogP contribution in [0.3, 0.4) is 0 Å². The van der Waals surface area contributed by atoms with Crippen LogP contribution >= 0.6 is 0 Å². The number of pyridine rings is 1. The van der Waals surface area contributed by atoms with Crippen LogP contribution in [-0.4, -0.2) is 18.2 Å². The molecule has 5 heteroatoms. The molecule has 0 unspecified atom stereocenters. The minimum absolute atomic E-state index is 0.203. The fourth-order valence-corrected chi connectivity index (χ4v) is 3.06. The van der Waals surface area contributed by atoms with Gasteiger partial charge in [-0.05, 0) is 23.8 Å². The summed E-state index contributed by atoms with van der Waals surface area (Å²) in [5.74, 6) is 0.702. The number of hydrogen-bond acceptors (Lipinski definition) is 4. The average Bonchev–Trinajstić information content (AvgIpc) is 2.78. The first-order valence-electron chi connectivity index (χ1n) is 9.25. The largest absolute Gasteiger partial charge is 0.497 e. The molecule has 1 aromatic heterocycles. The van der Waals surface area contributed by atoms with Gasteiger partial charge in [-0.15, -0.1) is 0 Å². The Balaban J connectivity index is 1.65. The third-order valence-corrected chi connectivity index (χ3v) is 4.54. The molecule has 0 spiro atoms. The van der Waals surface area contributed by atoms with Gasteiger partial charge in [0.2, 0.25) is 0 Å². The van der Waals surface area contributed by atoms with E-state index in [1.807, 2.05) is 84.9 Å². The standard InChI is InChI=1S/C24H20N2O3/c1-28-19-12-13-20-22(14-19)25-21(18-10-6-3-7-11-18)15-23(20)26-24(27)29-16-17-8-4-2-5-9-17/h2-15H,16H2,1H3,(H,25,26,27). The van der Waals surface area contributed by atoms with E-state index >= 15 is 0 Å². The molecular formula is C24H20N2O3. The van der Waals surface area contributed by atoms with Gasteiger partial charge in [0.15, 0.2) is 0 Å². The highest BCUT2D eigenvalue weighted by atomic mass is 16.5. The van der Waals surface area contributed by atoms with Crippen LogP contribution < -0.4 is 10.1 Å². The van der Waals surface area contributed by atoms with E-state index in [1.165, 1.54) is 0 Å². The van der Waals surface area contributed by atoms with E-state index in [2.05, 4.69) is 5.32 Å². The van der Waals surface area contributed by atoms with Gasteiger partial charge < -0.3 is 9.47 Å². The molecular weight excluding hydrogens is 364 g/mol. The highest BCUT2D eigenvalue weighted by Gasteiger charge is 2.12. The lowest BCUT2D eigenvalue weighted by molar-refractivity contribution is 0.155. The first-order valence-corrected chi connectivity index (χ1v) is 9.25. The molecule has 0 aliphatic heterocycles. The molecule has 144 valence electrons. The smallest absolute Gasteiger partial charge is 0.411 e. The van der Waals surface area contributed by atoms with Crippen LogP contribution in [0, 0.1) is 0 Å². The molecule has 0 aliphatic rings. The van der Waals surface area contributed by atoms with Crippen LogP contribution in [0.2, 0.25) is 0 Å². The van der Waals surface area contributed by atoms with Gasteiger partial charge in [0.05, 0.1) is 24.0 Å². The topological polar surface area (TPSA) is 60.5 Å². The van der Waals surface area contributed by atoms with Crippen LogP contribution in [0.15, 0.2) is 84.9 Å². The van der Waals surface area contributed by atoms with Gasteiger partial charge in [0, 0.05) is 17.0 Å². The molecule has 0 saturated carbocycles. The van der Waals surface area contributed by atoms with Gasteiger partial charge in [-0.25, -0.2) is 9.78 Å². The number of aromatic nitrogens is 1. The monoisotopic (exact) mass is 384 g/mol. The van der Waals surface area contributed by atoms with Crippen LogP contribution in [0.5, 0.6) is 5.75 Å². The van der Waals surface area contributed by atoms with Crippen molar-refractivity contribution in [3.8, 4) is 17.0 Å². The number of nitrogens with one attached hydrogen (secondary N) is 1. The molecule has 0 atom stereocenters. The van der Waals surface area contributed by atoms with Gasteiger partial charge >= 0.3 is 6.09 Å². The molecule has 5 nitrogen and oxygen atoms in total. The van der Waals surface area contributed by atoms with Crippen molar-refractivity contribution < 1.29 is 14.3 Å². The van der Waals surface area contributed by atoms with Gasteiger partial charge in [-0.1, -0.05) is 60.7 Å². The van der Waals surface area contributed by atoms with Gasteiger partial charge in [-0.2, -0.15) is 0 Å². The summed E-state index contributed by atoms with van der Waals surface area (Å²) < 4.78 is 10.7. The Kier molecular flexibility index (Phi) is 5.38. The molecule has 0 aliphatic carbocycles. The summed E-state index contributed by atoms with van der Waals surface area (Å²) in [6, 6.07) is 26.8. The van der Waals surface area contributed by atoms with Crippen molar-refractivity contribution in [2.45, 2.75) is 6.61 Å². The molecule has 3 aromatic carbocycles. The molecule has 1 heterocycles. The molecule has 4 aromatic rings. The predicted octanol–water partition coefficient (Wildman–Crippen LogP) is 5.66. The fraction of sp³-hybridized carbons (Fsp3) is 0.0833. The maximum Gasteiger partial charge on any atom is 0.411 e. The molecule has 0 bridgehead atoms. The number of amides is 1. The van der Waals surface area contributed by atoms with E-state index in [0.29, 0.717) is 11.4 Å². The lowest BCUT2D eigenvalue weighted by Gasteiger charge is -2.12. The van der Waals surface area contributed by atoms with Crippen LogP contribution in [0.4, 0.5) is 10.5 Å². The summed E-state index contributed by atoms with van der Waals surface area (Å²) in [5, 5.41) is 3.67. The number of benzene rings is 3. The summed E-state index contributed by atoms with van der Waals surface area (Å²) in [6.45, 7) is 0.203. The highest BCUT2D eigenvalue weighted by molar-refractivity contribution is 6.00. The van der Waals surface area contributed by atoms with E-state index in [9.17, 15) is 4.79 Å². The molecule has 1 amide bonds. The number of carbonyl (C=O) groups excluding carboxylic acids is 1. The SMILES string of the molecule is COc1ccc2c(NC(=O)OCc3ccccc3)cc(-c3ccccc3)nc2c1. The van der Waals surface area contributed by atoms with Crippen LogP contribution in [0.25, 0.3) is 22.2 Å². The normalized spacial score (nSPS) is 10.5. The van der Waals surface area contributed by atoms with E-state index in [-0.39, 0.29) is 6.61 Å². The van der Waals surface area contributed by atoms with Crippen molar-refractivity contribution in [2.75, 3.05) is 12.4 Å². The molecule has 29 heavy (non-hydrogen) atoms. The number of rotatable bonds is 5. The second kappa shape index (κ2) is 8.44. The quantitative estimate of drug-likeness (QED) is 0.482. The number of anilines is 1. The van der Waals surface area contributed by atoms with Gasteiger partial charge in [-0.3, -0.25) is 5.32 Å². The minimum Gasteiger partial charge on any atom is -0.497 e. The number of fused-ring (bicyclic) bond motifs is 1. The van der Waals surface area contributed by atoms with E-state index in [4.69, 9.17) is 14.5 Å². The minimum atomic E-state index is -0.517. The number of hydrogen-bond donors (Lipinski definition) is 1. The summed E-state index contributed by atoms with van der Waals surface area (Å²) in [4.78, 5) is 17.2. The summed E-state index contributed by atoms with van der Waals surface area (Å²) in [7, 11) is 1.61. The fourth-order valence-electron chi connectivity index (χ4n) is 3.06. The van der Waals surface area contributed by atoms with E-state index < -0.39 is 6.09 Å². The van der Waals surface area contributed by atoms with E-state index in [0.717, 1.165) is 27.7 Å². The number of carbonyl (C=O) groups is 1. The maximum atomic E-state index is 12.4. The highest BCUT2D eigenvalue weighted by Crippen LogP contribution is 2.30. The van der Waals surface area contributed by atoms with Crippen molar-refractivity contribution in [3.63, 3.8) is 0 Å². The predicted molar refractivity (Wildman–Crippen MR) is 114 cm³/mol. The Labute approximate surface area is 168 Å². The number of ether oxygens (including phenoxy) is 2. The molecule has 0 saturated heterocycles.